The Kier molecular flexibility index (Phi) is 4.97. The zero-order valence-corrected chi connectivity index (χ0v) is 16.5. The SMILES string of the molecule is CCS(=O)(=O)c1ccc(Cl)nc1-c1cc2cc(S(=O)(=O)C(F)(F)F)ccc2[nH]1. The molecule has 12 heteroatoms. The van der Waals surface area contributed by atoms with Crippen molar-refractivity contribution in [3.63, 3.8) is 0 Å². The van der Waals surface area contributed by atoms with Gasteiger partial charge in [0.05, 0.1) is 21.2 Å². The molecule has 0 aliphatic heterocycles. The van der Waals surface area contributed by atoms with Gasteiger partial charge in [0.15, 0.2) is 9.84 Å². The van der Waals surface area contributed by atoms with E-state index in [9.17, 15) is 30.0 Å². The number of sulfone groups is 2. The number of hydrogen-bond acceptors (Lipinski definition) is 5. The summed E-state index contributed by atoms with van der Waals surface area (Å²) in [5, 5.41) is 0.158. The molecule has 0 radical (unpaired) electrons. The van der Waals surface area contributed by atoms with Crippen LogP contribution in [0.4, 0.5) is 13.2 Å². The number of halogens is 4. The molecule has 0 saturated carbocycles. The second kappa shape index (κ2) is 6.75. The molecule has 0 atom stereocenters. The van der Waals surface area contributed by atoms with Gasteiger partial charge in [-0.1, -0.05) is 18.5 Å². The van der Waals surface area contributed by atoms with Crippen molar-refractivity contribution in [2.24, 2.45) is 0 Å². The first kappa shape index (κ1) is 20.6. The van der Waals surface area contributed by atoms with E-state index in [4.69, 9.17) is 11.6 Å². The molecule has 0 bridgehead atoms. The predicted octanol–water partition coefficient (Wildman–Crippen LogP) is 3.97. The summed E-state index contributed by atoms with van der Waals surface area (Å²) in [5.41, 5.74) is -4.97. The van der Waals surface area contributed by atoms with Crippen LogP contribution in [-0.2, 0) is 19.7 Å². The minimum absolute atomic E-state index is 0.00854. The van der Waals surface area contributed by atoms with Crippen molar-refractivity contribution in [1.82, 2.24) is 9.97 Å². The van der Waals surface area contributed by atoms with Gasteiger partial charge < -0.3 is 4.98 Å². The molecule has 2 aromatic heterocycles. The first-order valence-corrected chi connectivity index (χ1v) is 11.2. The van der Waals surface area contributed by atoms with E-state index >= 15 is 0 Å². The summed E-state index contributed by atoms with van der Waals surface area (Å²) in [7, 11) is -9.18. The summed E-state index contributed by atoms with van der Waals surface area (Å²) in [6.45, 7) is 1.45. The predicted molar refractivity (Wildman–Crippen MR) is 97.5 cm³/mol. The maximum atomic E-state index is 12.8. The van der Waals surface area contributed by atoms with E-state index in [1.807, 2.05) is 0 Å². The molecule has 1 N–H and O–H groups in total. The average Bonchev–Trinajstić information content (AvgIpc) is 3.03. The molecule has 0 aliphatic carbocycles. The Morgan fingerprint density at radius 1 is 1.07 bits per heavy atom. The highest BCUT2D eigenvalue weighted by molar-refractivity contribution is 7.92. The van der Waals surface area contributed by atoms with Gasteiger partial charge >= 0.3 is 5.51 Å². The molecule has 0 saturated heterocycles. The molecule has 3 aromatic rings. The van der Waals surface area contributed by atoms with Gasteiger partial charge in [-0.15, -0.1) is 0 Å². The molecule has 1 aromatic carbocycles. The van der Waals surface area contributed by atoms with Crippen LogP contribution in [0.25, 0.3) is 22.3 Å². The number of aromatic amines is 1. The maximum absolute atomic E-state index is 12.8. The fourth-order valence-corrected chi connectivity index (χ4v) is 4.54. The van der Waals surface area contributed by atoms with Gasteiger partial charge in [0.2, 0.25) is 0 Å². The first-order valence-electron chi connectivity index (χ1n) is 7.70. The van der Waals surface area contributed by atoms with E-state index in [-0.39, 0.29) is 32.6 Å². The lowest BCUT2D eigenvalue weighted by Crippen LogP contribution is -2.23. The van der Waals surface area contributed by atoms with Gasteiger partial charge in [0.25, 0.3) is 9.84 Å². The molecule has 3 rings (SSSR count). The van der Waals surface area contributed by atoms with Crippen molar-refractivity contribution in [2.45, 2.75) is 22.2 Å². The summed E-state index contributed by atoms with van der Waals surface area (Å²) in [5.74, 6) is -0.197. The highest BCUT2D eigenvalue weighted by Gasteiger charge is 2.46. The van der Waals surface area contributed by atoms with Gasteiger partial charge in [-0.2, -0.15) is 13.2 Å². The fraction of sp³-hybridized carbons (Fsp3) is 0.188. The normalized spacial score (nSPS) is 13.2. The summed E-state index contributed by atoms with van der Waals surface area (Å²) < 4.78 is 86.1. The minimum atomic E-state index is -5.51. The number of nitrogens with zero attached hydrogens (tertiary/aromatic N) is 1. The van der Waals surface area contributed by atoms with E-state index in [2.05, 4.69) is 9.97 Å². The number of hydrogen-bond donors (Lipinski definition) is 1. The molecule has 0 spiro atoms. The standard InChI is InChI=1S/C16H12ClF3N2O4S2/c1-2-27(23,24)13-5-6-14(17)22-15(13)12-8-9-7-10(3-4-11(9)21-12)28(25,26)16(18,19)20/h3-8,21H,2H2,1H3. The summed E-state index contributed by atoms with van der Waals surface area (Å²) in [6.07, 6.45) is 0. The van der Waals surface area contributed by atoms with Gasteiger partial charge in [-0.05, 0) is 36.4 Å². The van der Waals surface area contributed by atoms with Crippen LogP contribution in [-0.4, -0.2) is 38.1 Å². The third kappa shape index (κ3) is 3.49. The van der Waals surface area contributed by atoms with Crippen molar-refractivity contribution in [1.29, 1.82) is 0 Å². The Morgan fingerprint density at radius 3 is 2.36 bits per heavy atom. The fourth-order valence-electron chi connectivity index (χ4n) is 2.56. The van der Waals surface area contributed by atoms with E-state index in [0.717, 1.165) is 18.2 Å². The third-order valence-corrected chi connectivity index (χ3v) is 7.46. The average molecular weight is 453 g/mol. The Labute approximate surface area is 163 Å². The molecule has 0 fully saturated rings. The van der Waals surface area contributed by atoms with Gasteiger partial charge in [0, 0.05) is 10.9 Å². The van der Waals surface area contributed by atoms with Crippen LogP contribution in [0.15, 0.2) is 46.2 Å². The van der Waals surface area contributed by atoms with Crippen LogP contribution in [0.5, 0.6) is 0 Å². The number of nitrogens with one attached hydrogen (secondary N) is 1. The van der Waals surface area contributed by atoms with Crippen molar-refractivity contribution in [3.8, 4) is 11.4 Å². The van der Waals surface area contributed by atoms with Crippen LogP contribution in [0.2, 0.25) is 5.15 Å². The second-order valence-electron chi connectivity index (χ2n) is 5.77. The van der Waals surface area contributed by atoms with Gasteiger partial charge in [-0.25, -0.2) is 21.8 Å². The number of alkyl halides is 3. The number of benzene rings is 1. The molecular weight excluding hydrogens is 441 g/mol. The van der Waals surface area contributed by atoms with E-state index in [1.165, 1.54) is 25.1 Å². The lowest BCUT2D eigenvalue weighted by Gasteiger charge is -2.07. The van der Waals surface area contributed by atoms with Crippen LogP contribution < -0.4 is 0 Å². The van der Waals surface area contributed by atoms with Crippen molar-refractivity contribution in [3.05, 3.63) is 41.6 Å². The van der Waals surface area contributed by atoms with Crippen LogP contribution in [0, 0.1) is 0 Å². The van der Waals surface area contributed by atoms with Crippen molar-refractivity contribution < 1.29 is 30.0 Å². The summed E-state index contributed by atoms with van der Waals surface area (Å²) >= 11 is 5.87. The molecular formula is C16H12ClF3N2O4S2. The Morgan fingerprint density at radius 2 is 1.75 bits per heavy atom. The largest absolute Gasteiger partial charge is 0.501 e. The molecule has 150 valence electrons. The third-order valence-electron chi connectivity index (χ3n) is 4.00. The minimum Gasteiger partial charge on any atom is -0.353 e. The Balaban J connectivity index is 2.22. The van der Waals surface area contributed by atoms with Crippen molar-refractivity contribution >= 4 is 42.2 Å². The Bertz CT molecular complexity index is 1280. The lowest BCUT2D eigenvalue weighted by atomic mass is 10.2. The van der Waals surface area contributed by atoms with Crippen LogP contribution in [0.1, 0.15) is 6.92 Å². The van der Waals surface area contributed by atoms with E-state index in [0.29, 0.717) is 5.52 Å². The molecule has 0 aliphatic rings. The smallest absolute Gasteiger partial charge is 0.353 e. The zero-order chi connectivity index (χ0) is 20.9. The quantitative estimate of drug-likeness (QED) is 0.604. The lowest BCUT2D eigenvalue weighted by molar-refractivity contribution is -0.0435. The van der Waals surface area contributed by atoms with Crippen molar-refractivity contribution in [2.75, 3.05) is 5.75 Å². The second-order valence-corrected chi connectivity index (χ2v) is 10.3. The van der Waals surface area contributed by atoms with E-state index < -0.39 is 30.1 Å². The number of H-pyrrole nitrogens is 1. The zero-order valence-electron chi connectivity index (χ0n) is 14.1. The van der Waals surface area contributed by atoms with Crippen LogP contribution in [0.3, 0.4) is 0 Å². The molecule has 6 nitrogen and oxygen atoms in total. The highest BCUT2D eigenvalue weighted by Crippen LogP contribution is 2.34. The number of aromatic nitrogens is 2. The monoisotopic (exact) mass is 452 g/mol. The molecule has 28 heavy (non-hydrogen) atoms. The highest BCUT2D eigenvalue weighted by atomic mass is 35.5. The number of pyridine rings is 1. The topological polar surface area (TPSA) is 97.0 Å². The summed E-state index contributed by atoms with van der Waals surface area (Å²) in [4.78, 5) is 5.83. The Hall–Kier alpha value is -2.11. The summed E-state index contributed by atoms with van der Waals surface area (Å²) in [6, 6.07) is 6.75. The number of fused-ring (bicyclic) bond motifs is 1. The number of rotatable bonds is 4. The van der Waals surface area contributed by atoms with E-state index in [1.54, 1.807) is 0 Å². The van der Waals surface area contributed by atoms with Gasteiger partial charge in [-0.3, -0.25) is 0 Å². The molecule has 0 unspecified atom stereocenters. The molecule has 2 heterocycles. The maximum Gasteiger partial charge on any atom is 0.501 e. The molecule has 0 amide bonds. The van der Waals surface area contributed by atoms with Gasteiger partial charge in [0.1, 0.15) is 10.8 Å². The first-order chi connectivity index (χ1) is 12.9. The van der Waals surface area contributed by atoms with Crippen LogP contribution >= 0.6 is 11.6 Å².